The molecule has 3 radical (unpaired) electrons. The molecule has 1 nitrogen and oxygen atoms in total. The molecule has 0 aliphatic heterocycles. The van der Waals surface area contributed by atoms with Crippen molar-refractivity contribution < 1.29 is 24.0 Å². The van der Waals surface area contributed by atoms with Gasteiger partial charge in [0.2, 0.25) is 0 Å². The van der Waals surface area contributed by atoms with Crippen LogP contribution in [0.4, 0.5) is 0 Å². The molecule has 35 valence electrons. The first-order valence-corrected chi connectivity index (χ1v) is 1.70. The van der Waals surface area contributed by atoms with Gasteiger partial charge in [-0.2, -0.15) is 0 Å². The number of hydrogen-bond acceptors (Lipinski definition) is 1. The van der Waals surface area contributed by atoms with Crippen LogP contribution in [-0.4, -0.2) is 14.0 Å². The minimum absolute atomic E-state index is 0. The van der Waals surface area contributed by atoms with Crippen LogP contribution in [0.3, 0.4) is 0 Å². The molecular weight excluding hydrogens is 81.8 g/mol. The Morgan fingerprint density at radius 3 is 1.14 bits per heavy atom. The molecule has 0 aliphatic carbocycles. The summed E-state index contributed by atoms with van der Waals surface area (Å²) in [5, 5.41) is 10.1. The van der Waals surface area contributed by atoms with Crippen molar-refractivity contribution in [1.82, 2.24) is 0 Å². The van der Waals surface area contributed by atoms with Crippen LogP contribution >= 0.6 is 0 Å². The summed E-state index contributed by atoms with van der Waals surface area (Å²) in [5.41, 5.74) is -0.750. The van der Waals surface area contributed by atoms with Gasteiger partial charge in [0.1, 0.15) is 0 Å². The average Bonchev–Trinajstić information content (AvgIpc) is 0.722. The monoisotopic (exact) mass is 91.1 g/mol. The fourth-order valence-corrected chi connectivity index (χ4v) is 0. The van der Waals surface area contributed by atoms with Crippen molar-refractivity contribution in [3.8, 4) is 0 Å². The third-order valence-electron chi connectivity index (χ3n) is 0. The maximum atomic E-state index is 10.1. The molecular formula is C4H9BLiO. The quantitative estimate of drug-likeness (QED) is 0.287. The summed E-state index contributed by atoms with van der Waals surface area (Å²) in [6, 6.07) is 0. The number of hydrogen-bond donors (Lipinski definition) is 0. The third-order valence-corrected chi connectivity index (χ3v) is 0. The molecule has 0 rings (SSSR count). The van der Waals surface area contributed by atoms with Crippen molar-refractivity contribution >= 4 is 8.41 Å². The van der Waals surface area contributed by atoms with E-state index >= 15 is 0 Å². The normalized spacial score (nSPS) is 8.57. The second-order valence-electron chi connectivity index (χ2n) is 2.11. The van der Waals surface area contributed by atoms with Crippen molar-refractivity contribution in [2.24, 2.45) is 0 Å². The van der Waals surface area contributed by atoms with Crippen LogP contribution in [-0.2, 0) is 0 Å². The Labute approximate surface area is 59.2 Å². The molecule has 7 heavy (non-hydrogen) atoms. The van der Waals surface area contributed by atoms with E-state index in [1.807, 2.05) is 0 Å². The summed E-state index contributed by atoms with van der Waals surface area (Å²) in [6.45, 7) is 4.90. The smallest absolute Gasteiger partial charge is 0.850 e. The van der Waals surface area contributed by atoms with Crippen molar-refractivity contribution in [3.63, 3.8) is 0 Å². The molecule has 0 saturated heterocycles. The van der Waals surface area contributed by atoms with Crippen molar-refractivity contribution in [1.29, 1.82) is 0 Å². The van der Waals surface area contributed by atoms with Gasteiger partial charge in [-0.1, -0.05) is 20.8 Å². The summed E-state index contributed by atoms with van der Waals surface area (Å²) in [4.78, 5) is 0. The molecule has 0 saturated carbocycles. The topological polar surface area (TPSA) is 23.1 Å². The van der Waals surface area contributed by atoms with Gasteiger partial charge in [0.25, 0.3) is 0 Å². The standard InChI is InChI=1S/C4H9O.B.Li/c1-4(2,3)5;;/h1-3H3;;/q-1;;+1. The van der Waals surface area contributed by atoms with Crippen LogP contribution in [0.25, 0.3) is 0 Å². The first kappa shape index (κ1) is 15.6. The zero-order valence-electron chi connectivity index (χ0n) is 5.49. The van der Waals surface area contributed by atoms with E-state index in [4.69, 9.17) is 0 Å². The average molecular weight is 90.9 g/mol. The van der Waals surface area contributed by atoms with Crippen molar-refractivity contribution in [3.05, 3.63) is 0 Å². The van der Waals surface area contributed by atoms with Gasteiger partial charge in [0.15, 0.2) is 0 Å². The van der Waals surface area contributed by atoms with Gasteiger partial charge in [-0.15, -0.1) is 5.60 Å². The molecule has 0 amide bonds. The fraction of sp³-hybridized carbons (Fsp3) is 1.00. The Kier molecular flexibility index (Phi) is 10.7. The van der Waals surface area contributed by atoms with Crippen LogP contribution in [0.1, 0.15) is 20.8 Å². The molecule has 0 atom stereocenters. The van der Waals surface area contributed by atoms with Crippen LogP contribution in [0.5, 0.6) is 0 Å². The maximum absolute atomic E-state index is 10.1. The van der Waals surface area contributed by atoms with Crippen molar-refractivity contribution in [2.45, 2.75) is 26.4 Å². The van der Waals surface area contributed by atoms with E-state index in [1.165, 1.54) is 0 Å². The maximum Gasteiger partial charge on any atom is 1.00 e. The summed E-state index contributed by atoms with van der Waals surface area (Å²) in [6.07, 6.45) is 0. The molecule has 0 spiro atoms. The van der Waals surface area contributed by atoms with E-state index < -0.39 is 5.60 Å². The van der Waals surface area contributed by atoms with E-state index in [9.17, 15) is 5.11 Å². The molecule has 0 aromatic heterocycles. The molecule has 3 heteroatoms. The van der Waals surface area contributed by atoms with Gasteiger partial charge in [-0.3, -0.25) is 0 Å². The SMILES string of the molecule is CC(C)(C)[O-].[B].[Li+]. The zero-order valence-corrected chi connectivity index (χ0v) is 5.49. The second-order valence-corrected chi connectivity index (χ2v) is 2.11. The molecule has 0 aromatic rings. The van der Waals surface area contributed by atoms with Gasteiger partial charge < -0.3 is 5.11 Å². The fourth-order valence-electron chi connectivity index (χ4n) is 0. The number of rotatable bonds is 0. The summed E-state index contributed by atoms with van der Waals surface area (Å²) < 4.78 is 0. The molecule has 0 bridgehead atoms. The largest absolute Gasteiger partial charge is 1.00 e. The van der Waals surface area contributed by atoms with Crippen LogP contribution in [0, 0.1) is 0 Å². The van der Waals surface area contributed by atoms with E-state index in [1.54, 1.807) is 20.8 Å². The Hall–Kier alpha value is 0.622. The Balaban J connectivity index is -0.0000000800. The summed E-state index contributed by atoms with van der Waals surface area (Å²) in [5.74, 6) is 0. The third kappa shape index (κ3) is 365. The predicted molar refractivity (Wildman–Crippen MR) is 25.5 cm³/mol. The first-order chi connectivity index (χ1) is 2.00. The minimum atomic E-state index is -0.750. The van der Waals surface area contributed by atoms with Crippen LogP contribution in [0.2, 0.25) is 0 Å². The van der Waals surface area contributed by atoms with Gasteiger partial charge in [-0.05, 0) is 0 Å². The molecule has 0 N–H and O–H groups in total. The van der Waals surface area contributed by atoms with Gasteiger partial charge >= 0.3 is 18.9 Å². The van der Waals surface area contributed by atoms with Crippen LogP contribution in [0.15, 0.2) is 0 Å². The predicted octanol–water partition coefficient (Wildman–Crippen LogP) is -3.23. The Morgan fingerprint density at radius 2 is 1.14 bits per heavy atom. The molecule has 0 fully saturated rings. The van der Waals surface area contributed by atoms with E-state index in [-0.39, 0.29) is 27.3 Å². The minimum Gasteiger partial charge on any atom is -0.850 e. The van der Waals surface area contributed by atoms with Crippen molar-refractivity contribution in [2.75, 3.05) is 0 Å². The van der Waals surface area contributed by atoms with Gasteiger partial charge in [-0.25, -0.2) is 0 Å². The molecule has 0 unspecified atom stereocenters. The van der Waals surface area contributed by atoms with Gasteiger partial charge in [0.05, 0.1) is 0 Å². The molecule has 0 aromatic carbocycles. The van der Waals surface area contributed by atoms with E-state index in [2.05, 4.69) is 0 Å². The second kappa shape index (κ2) is 4.77. The van der Waals surface area contributed by atoms with Crippen LogP contribution < -0.4 is 24.0 Å². The summed E-state index contributed by atoms with van der Waals surface area (Å²) in [7, 11) is 0. The Bertz CT molecular complexity index is 27.2. The van der Waals surface area contributed by atoms with Gasteiger partial charge in [0, 0.05) is 8.41 Å². The molecule has 0 aliphatic rings. The van der Waals surface area contributed by atoms with E-state index in [0.29, 0.717) is 0 Å². The first-order valence-electron chi connectivity index (χ1n) is 1.70. The zero-order chi connectivity index (χ0) is 4.50. The molecule has 0 heterocycles. The summed E-state index contributed by atoms with van der Waals surface area (Å²) >= 11 is 0. The van der Waals surface area contributed by atoms with E-state index in [0.717, 1.165) is 0 Å². The Morgan fingerprint density at radius 1 is 1.14 bits per heavy atom.